The maximum absolute atomic E-state index is 12.4. The average Bonchev–Trinajstić information content (AvgIpc) is 3.21. The van der Waals surface area contributed by atoms with E-state index >= 15 is 0 Å². The molecule has 0 saturated heterocycles. The maximum atomic E-state index is 12.4. The van der Waals surface area contributed by atoms with Crippen LogP contribution >= 0.6 is 0 Å². The van der Waals surface area contributed by atoms with Crippen LogP contribution in [0, 0.1) is 0 Å². The van der Waals surface area contributed by atoms with Gasteiger partial charge in [-0.3, -0.25) is 10.1 Å². The lowest BCUT2D eigenvalue weighted by Gasteiger charge is -2.07. The largest absolute Gasteiger partial charge is 0.494 e. The van der Waals surface area contributed by atoms with E-state index in [0.717, 1.165) is 12.8 Å². The molecular weight excluding hydrogens is 406 g/mol. The second kappa shape index (κ2) is 10.0. The molecule has 1 amide bonds. The zero-order valence-electron chi connectivity index (χ0n) is 16.6. The van der Waals surface area contributed by atoms with E-state index in [0.29, 0.717) is 17.9 Å². The Morgan fingerprint density at radius 1 is 1.10 bits per heavy atom. The molecule has 0 unspecified atom stereocenters. The smallest absolute Gasteiger partial charge is 0.322 e. The molecule has 1 aromatic heterocycles. The first-order chi connectivity index (χ1) is 14.5. The standard InChI is InChI=1S/C21H23N3O5S/c1-2-3-13-28-17-9-7-8-16(15-17)20(25)22-21-24-23-19(29-21)12-14-30(26,27)18-10-5-4-6-11-18/h4-11,15H,2-3,12-14H2,1H3,(H,22,24,25). The molecule has 0 atom stereocenters. The number of nitrogens with one attached hydrogen (secondary N) is 1. The van der Waals surface area contributed by atoms with Crippen molar-refractivity contribution in [1.82, 2.24) is 10.2 Å². The summed E-state index contributed by atoms with van der Waals surface area (Å²) in [4.78, 5) is 12.7. The lowest BCUT2D eigenvalue weighted by Crippen LogP contribution is -2.12. The lowest BCUT2D eigenvalue weighted by molar-refractivity contribution is 0.102. The Kier molecular flexibility index (Phi) is 7.18. The Morgan fingerprint density at radius 2 is 1.90 bits per heavy atom. The number of aryl methyl sites for hydroxylation is 1. The summed E-state index contributed by atoms with van der Waals surface area (Å²) in [6.45, 7) is 2.66. The second-order valence-electron chi connectivity index (χ2n) is 6.57. The van der Waals surface area contributed by atoms with Crippen molar-refractivity contribution in [1.29, 1.82) is 0 Å². The summed E-state index contributed by atoms with van der Waals surface area (Å²) in [5.74, 6) is 0.127. The van der Waals surface area contributed by atoms with Gasteiger partial charge in [0.25, 0.3) is 5.91 Å². The Hall–Kier alpha value is -3.20. The normalized spacial score (nSPS) is 11.2. The molecule has 0 aliphatic heterocycles. The van der Waals surface area contributed by atoms with Crippen molar-refractivity contribution in [2.24, 2.45) is 0 Å². The summed E-state index contributed by atoms with van der Waals surface area (Å²) in [5, 5.41) is 10.1. The lowest BCUT2D eigenvalue weighted by atomic mass is 10.2. The number of benzene rings is 2. The van der Waals surface area contributed by atoms with Gasteiger partial charge in [0, 0.05) is 12.0 Å². The maximum Gasteiger partial charge on any atom is 0.322 e. The van der Waals surface area contributed by atoms with E-state index in [4.69, 9.17) is 9.15 Å². The Labute approximate surface area is 175 Å². The minimum Gasteiger partial charge on any atom is -0.494 e. The van der Waals surface area contributed by atoms with Gasteiger partial charge in [-0.05, 0) is 36.8 Å². The molecule has 9 heteroatoms. The summed E-state index contributed by atoms with van der Waals surface area (Å²) < 4.78 is 35.6. The number of aromatic nitrogens is 2. The summed E-state index contributed by atoms with van der Waals surface area (Å²) >= 11 is 0. The monoisotopic (exact) mass is 429 g/mol. The highest BCUT2D eigenvalue weighted by molar-refractivity contribution is 7.91. The number of sulfone groups is 1. The van der Waals surface area contributed by atoms with Crippen molar-refractivity contribution < 1.29 is 22.4 Å². The first-order valence-electron chi connectivity index (χ1n) is 9.62. The molecule has 2 aromatic carbocycles. The molecular formula is C21H23N3O5S. The van der Waals surface area contributed by atoms with Crippen molar-refractivity contribution in [3.63, 3.8) is 0 Å². The van der Waals surface area contributed by atoms with E-state index in [2.05, 4.69) is 22.4 Å². The minimum atomic E-state index is -3.46. The fourth-order valence-electron chi connectivity index (χ4n) is 2.60. The highest BCUT2D eigenvalue weighted by Gasteiger charge is 2.17. The van der Waals surface area contributed by atoms with Gasteiger partial charge >= 0.3 is 6.01 Å². The zero-order valence-corrected chi connectivity index (χ0v) is 17.4. The molecule has 0 bridgehead atoms. The van der Waals surface area contributed by atoms with Gasteiger partial charge in [0.05, 0.1) is 17.3 Å². The molecule has 0 saturated carbocycles. The number of unbranched alkanes of at least 4 members (excludes halogenated alkanes) is 1. The predicted molar refractivity (Wildman–Crippen MR) is 111 cm³/mol. The minimum absolute atomic E-state index is 0.0425. The summed E-state index contributed by atoms with van der Waals surface area (Å²) in [6, 6.07) is 14.8. The second-order valence-corrected chi connectivity index (χ2v) is 8.68. The van der Waals surface area contributed by atoms with Gasteiger partial charge in [0.2, 0.25) is 5.89 Å². The number of rotatable bonds is 10. The zero-order chi connectivity index (χ0) is 21.4. The number of nitrogens with zero attached hydrogens (tertiary/aromatic N) is 2. The molecule has 0 aliphatic carbocycles. The Morgan fingerprint density at radius 3 is 2.67 bits per heavy atom. The van der Waals surface area contributed by atoms with Crippen molar-refractivity contribution in [3.05, 3.63) is 66.1 Å². The highest BCUT2D eigenvalue weighted by Crippen LogP contribution is 2.16. The van der Waals surface area contributed by atoms with Crippen LogP contribution in [0.15, 0.2) is 63.9 Å². The fourth-order valence-corrected chi connectivity index (χ4v) is 3.85. The van der Waals surface area contributed by atoms with Crippen molar-refractivity contribution in [2.75, 3.05) is 17.7 Å². The fraction of sp³-hybridized carbons (Fsp3) is 0.286. The third kappa shape index (κ3) is 5.90. The third-order valence-electron chi connectivity index (χ3n) is 4.24. The van der Waals surface area contributed by atoms with E-state index in [1.807, 2.05) is 0 Å². The van der Waals surface area contributed by atoms with Gasteiger partial charge in [0.1, 0.15) is 5.75 Å². The van der Waals surface area contributed by atoms with Gasteiger partial charge in [-0.1, -0.05) is 42.7 Å². The quantitative estimate of drug-likeness (QED) is 0.491. The van der Waals surface area contributed by atoms with Crippen molar-refractivity contribution in [2.45, 2.75) is 31.1 Å². The SMILES string of the molecule is CCCCOc1cccc(C(=O)Nc2nnc(CCS(=O)(=O)c3ccccc3)o2)c1. The number of ether oxygens (including phenoxy) is 1. The topological polar surface area (TPSA) is 111 Å². The Balaban J connectivity index is 1.57. The molecule has 0 aliphatic rings. The number of anilines is 1. The van der Waals surface area contributed by atoms with Crippen molar-refractivity contribution >= 4 is 21.8 Å². The van der Waals surface area contributed by atoms with Crippen LogP contribution < -0.4 is 10.1 Å². The van der Waals surface area contributed by atoms with E-state index in [1.54, 1.807) is 42.5 Å². The molecule has 1 heterocycles. The van der Waals surface area contributed by atoms with Gasteiger partial charge in [-0.2, -0.15) is 0 Å². The average molecular weight is 429 g/mol. The summed E-state index contributed by atoms with van der Waals surface area (Å²) in [7, 11) is -3.46. The first kappa shape index (κ1) is 21.5. The number of carbonyl (C=O) groups excluding carboxylic acids is 1. The Bertz CT molecular complexity index is 1080. The highest BCUT2D eigenvalue weighted by atomic mass is 32.2. The molecule has 8 nitrogen and oxygen atoms in total. The number of carbonyl (C=O) groups is 1. The molecule has 1 N–H and O–H groups in total. The van der Waals surface area contributed by atoms with E-state index in [9.17, 15) is 13.2 Å². The predicted octanol–water partition coefficient (Wildman–Crippen LogP) is 3.52. The first-order valence-corrected chi connectivity index (χ1v) is 11.3. The van der Waals surface area contributed by atoms with Crippen LogP contribution in [0.5, 0.6) is 5.75 Å². The van der Waals surface area contributed by atoms with E-state index < -0.39 is 15.7 Å². The molecule has 3 aromatic rings. The van der Waals surface area contributed by atoms with Crippen LogP contribution in [0.1, 0.15) is 36.0 Å². The van der Waals surface area contributed by atoms with Crippen LogP contribution in [0.25, 0.3) is 0 Å². The van der Waals surface area contributed by atoms with Crippen LogP contribution in [0.4, 0.5) is 6.01 Å². The number of hydrogen-bond acceptors (Lipinski definition) is 7. The van der Waals surface area contributed by atoms with Crippen LogP contribution in [0.3, 0.4) is 0 Å². The molecule has 0 spiro atoms. The van der Waals surface area contributed by atoms with Crippen LogP contribution in [-0.4, -0.2) is 36.9 Å². The molecule has 0 fully saturated rings. The third-order valence-corrected chi connectivity index (χ3v) is 5.97. The van der Waals surface area contributed by atoms with E-state index in [1.165, 1.54) is 12.1 Å². The number of amides is 1. The van der Waals surface area contributed by atoms with Gasteiger partial charge in [-0.25, -0.2) is 8.42 Å². The summed E-state index contributed by atoms with van der Waals surface area (Å²) in [5.41, 5.74) is 0.385. The van der Waals surface area contributed by atoms with E-state index in [-0.39, 0.29) is 29.0 Å². The van der Waals surface area contributed by atoms with Crippen molar-refractivity contribution in [3.8, 4) is 5.75 Å². The van der Waals surface area contributed by atoms with Crippen LogP contribution in [-0.2, 0) is 16.3 Å². The number of hydrogen-bond donors (Lipinski definition) is 1. The summed E-state index contributed by atoms with van der Waals surface area (Å²) in [6.07, 6.45) is 1.99. The van der Waals surface area contributed by atoms with Gasteiger partial charge in [0.15, 0.2) is 9.84 Å². The van der Waals surface area contributed by atoms with Gasteiger partial charge < -0.3 is 9.15 Å². The molecule has 3 rings (SSSR count). The molecule has 158 valence electrons. The van der Waals surface area contributed by atoms with Crippen LogP contribution in [0.2, 0.25) is 0 Å². The molecule has 0 radical (unpaired) electrons. The van der Waals surface area contributed by atoms with Gasteiger partial charge in [-0.15, -0.1) is 5.10 Å². The molecule has 30 heavy (non-hydrogen) atoms.